The van der Waals surface area contributed by atoms with Crippen molar-refractivity contribution in [3.63, 3.8) is 0 Å². The van der Waals surface area contributed by atoms with Crippen LogP contribution in [0.5, 0.6) is 0 Å². The third-order valence-corrected chi connectivity index (χ3v) is 5.88. The molecule has 4 rings (SSSR count). The molecule has 0 radical (unpaired) electrons. The quantitative estimate of drug-likeness (QED) is 0.612. The van der Waals surface area contributed by atoms with Crippen molar-refractivity contribution in [2.75, 3.05) is 38.7 Å². The van der Waals surface area contributed by atoms with Gasteiger partial charge in [0.1, 0.15) is 5.58 Å². The maximum absolute atomic E-state index is 12.8. The van der Waals surface area contributed by atoms with Gasteiger partial charge >= 0.3 is 0 Å². The summed E-state index contributed by atoms with van der Waals surface area (Å²) in [5.74, 6) is 0.122. The van der Waals surface area contributed by atoms with E-state index in [1.165, 1.54) is 11.3 Å². The Morgan fingerprint density at radius 2 is 2.00 bits per heavy atom. The molecule has 1 unspecified atom stereocenters. The number of hydrogen-bond acceptors (Lipinski definition) is 4. The van der Waals surface area contributed by atoms with Gasteiger partial charge in [-0.3, -0.25) is 4.79 Å². The number of rotatable bonds is 7. The van der Waals surface area contributed by atoms with Crippen LogP contribution in [0, 0.1) is 0 Å². The number of carbonyl (C=O) groups is 1. The molecule has 1 aromatic heterocycles. The summed E-state index contributed by atoms with van der Waals surface area (Å²) < 4.78 is 11.0. The monoisotopic (exact) mass is 392 g/mol. The van der Waals surface area contributed by atoms with Gasteiger partial charge in [0.05, 0.1) is 18.8 Å². The summed E-state index contributed by atoms with van der Waals surface area (Å²) in [5, 5.41) is 1.02. The van der Waals surface area contributed by atoms with Crippen LogP contribution >= 0.6 is 0 Å². The maximum atomic E-state index is 12.8. The molecule has 1 saturated heterocycles. The van der Waals surface area contributed by atoms with Crippen molar-refractivity contribution in [2.45, 2.75) is 25.4 Å². The minimum atomic E-state index is 0.122. The van der Waals surface area contributed by atoms with Crippen LogP contribution in [0.25, 0.3) is 11.0 Å². The predicted octanol–water partition coefficient (Wildman–Crippen LogP) is 3.90. The smallest absolute Gasteiger partial charge is 0.226 e. The Kier molecular flexibility index (Phi) is 5.86. The molecule has 2 aromatic carbocycles. The van der Waals surface area contributed by atoms with Gasteiger partial charge in [0.2, 0.25) is 5.91 Å². The fourth-order valence-electron chi connectivity index (χ4n) is 4.09. The first-order chi connectivity index (χ1) is 14.2. The summed E-state index contributed by atoms with van der Waals surface area (Å²) >= 11 is 0. The molecule has 3 aromatic rings. The number of anilines is 1. The van der Waals surface area contributed by atoms with E-state index in [0.717, 1.165) is 42.5 Å². The summed E-state index contributed by atoms with van der Waals surface area (Å²) in [7, 11) is 3.67. The molecule has 2 heterocycles. The maximum Gasteiger partial charge on any atom is 0.226 e. The molecule has 152 valence electrons. The highest BCUT2D eigenvalue weighted by molar-refractivity contribution is 5.87. The molecule has 1 aliphatic heterocycles. The van der Waals surface area contributed by atoms with Gasteiger partial charge in [-0.05, 0) is 42.2 Å². The number of amides is 1. The van der Waals surface area contributed by atoms with Gasteiger partial charge in [-0.15, -0.1) is 0 Å². The van der Waals surface area contributed by atoms with Crippen molar-refractivity contribution < 1.29 is 13.9 Å². The van der Waals surface area contributed by atoms with Crippen LogP contribution in [0.1, 0.15) is 17.5 Å². The highest BCUT2D eigenvalue weighted by Gasteiger charge is 2.24. The van der Waals surface area contributed by atoms with Crippen molar-refractivity contribution in [3.05, 3.63) is 65.9 Å². The number of likely N-dealkylation sites (N-methyl/N-ethyl adjacent to an activating group) is 1. The number of fused-ring (bicyclic) bond motifs is 1. The van der Waals surface area contributed by atoms with Crippen molar-refractivity contribution in [1.29, 1.82) is 0 Å². The Balaban J connectivity index is 1.39. The predicted molar refractivity (Wildman–Crippen MR) is 115 cm³/mol. The fraction of sp³-hybridized carbons (Fsp3) is 0.375. The highest BCUT2D eigenvalue weighted by Crippen LogP contribution is 2.26. The second-order valence-electron chi connectivity index (χ2n) is 7.71. The molecule has 5 heteroatoms. The minimum absolute atomic E-state index is 0.122. The molecule has 1 aliphatic rings. The van der Waals surface area contributed by atoms with Crippen molar-refractivity contribution in [2.24, 2.45) is 0 Å². The molecule has 0 aliphatic carbocycles. The average Bonchev–Trinajstić information content (AvgIpc) is 3.42. The summed E-state index contributed by atoms with van der Waals surface area (Å²) in [6.07, 6.45) is 4.26. The largest absolute Gasteiger partial charge is 0.464 e. The van der Waals surface area contributed by atoms with E-state index in [0.29, 0.717) is 19.1 Å². The van der Waals surface area contributed by atoms with Crippen LogP contribution in [-0.4, -0.2) is 50.7 Å². The topological polar surface area (TPSA) is 45.9 Å². The van der Waals surface area contributed by atoms with E-state index in [1.54, 1.807) is 13.4 Å². The SMILES string of the molecule is COC1CCN(c2ccccc2CCN(C)C(=O)Cc2cccc3occc23)C1. The number of para-hydroxylation sites is 1. The normalized spacial score (nSPS) is 16.5. The summed E-state index contributed by atoms with van der Waals surface area (Å²) in [6.45, 7) is 2.63. The van der Waals surface area contributed by atoms with Gasteiger partial charge in [0.15, 0.2) is 0 Å². The van der Waals surface area contributed by atoms with E-state index in [9.17, 15) is 4.79 Å². The molecule has 5 nitrogen and oxygen atoms in total. The number of benzene rings is 2. The molecular weight excluding hydrogens is 364 g/mol. The summed E-state index contributed by atoms with van der Waals surface area (Å²) in [6, 6.07) is 16.3. The van der Waals surface area contributed by atoms with Gasteiger partial charge in [0, 0.05) is 44.9 Å². The lowest BCUT2D eigenvalue weighted by molar-refractivity contribution is -0.129. The second-order valence-corrected chi connectivity index (χ2v) is 7.71. The first kappa shape index (κ1) is 19.5. The number of hydrogen-bond donors (Lipinski definition) is 0. The van der Waals surface area contributed by atoms with E-state index in [4.69, 9.17) is 9.15 Å². The summed E-state index contributed by atoms with van der Waals surface area (Å²) in [5.41, 5.74) is 4.37. The van der Waals surface area contributed by atoms with Crippen LogP contribution in [-0.2, 0) is 22.4 Å². The first-order valence-corrected chi connectivity index (χ1v) is 10.2. The zero-order valence-electron chi connectivity index (χ0n) is 17.1. The highest BCUT2D eigenvalue weighted by atomic mass is 16.5. The third-order valence-electron chi connectivity index (χ3n) is 5.88. The average molecular weight is 392 g/mol. The van der Waals surface area contributed by atoms with Crippen LogP contribution in [0.3, 0.4) is 0 Å². The Bertz CT molecular complexity index is 981. The third kappa shape index (κ3) is 4.30. The van der Waals surface area contributed by atoms with Crippen molar-refractivity contribution in [3.8, 4) is 0 Å². The zero-order chi connectivity index (χ0) is 20.2. The number of furan rings is 1. The van der Waals surface area contributed by atoms with E-state index in [2.05, 4.69) is 29.2 Å². The summed E-state index contributed by atoms with van der Waals surface area (Å²) in [4.78, 5) is 17.0. The Morgan fingerprint density at radius 1 is 1.17 bits per heavy atom. The first-order valence-electron chi connectivity index (χ1n) is 10.2. The minimum Gasteiger partial charge on any atom is -0.464 e. The van der Waals surface area contributed by atoms with Gasteiger partial charge in [0.25, 0.3) is 0 Å². The van der Waals surface area contributed by atoms with Gasteiger partial charge < -0.3 is 19.0 Å². The molecule has 1 atom stereocenters. The lowest BCUT2D eigenvalue weighted by Gasteiger charge is -2.23. The Hall–Kier alpha value is -2.79. The number of methoxy groups -OCH3 is 1. The van der Waals surface area contributed by atoms with Gasteiger partial charge in [-0.2, -0.15) is 0 Å². The van der Waals surface area contributed by atoms with Crippen LogP contribution in [0.2, 0.25) is 0 Å². The number of nitrogens with zero attached hydrogens (tertiary/aromatic N) is 2. The number of ether oxygens (including phenoxy) is 1. The number of carbonyl (C=O) groups excluding carboxylic acids is 1. The van der Waals surface area contributed by atoms with E-state index in [1.807, 2.05) is 36.2 Å². The Labute approximate surface area is 171 Å². The standard InChI is InChI=1S/C24H28N2O3/c1-25(24(27)16-19-7-5-9-23-21(19)12-15-29-23)13-10-18-6-3-4-8-22(18)26-14-11-20(17-26)28-2/h3-9,12,15,20H,10-11,13-14,16-17H2,1-2H3. The molecule has 1 fully saturated rings. The van der Waals surface area contributed by atoms with E-state index >= 15 is 0 Å². The van der Waals surface area contributed by atoms with Crippen molar-refractivity contribution >= 4 is 22.6 Å². The molecule has 1 amide bonds. The van der Waals surface area contributed by atoms with Crippen molar-refractivity contribution in [1.82, 2.24) is 4.90 Å². The van der Waals surface area contributed by atoms with Crippen LogP contribution < -0.4 is 4.90 Å². The molecule has 29 heavy (non-hydrogen) atoms. The lowest BCUT2D eigenvalue weighted by atomic mass is 10.1. The lowest BCUT2D eigenvalue weighted by Crippen LogP contribution is -2.31. The Morgan fingerprint density at radius 3 is 2.83 bits per heavy atom. The van der Waals surface area contributed by atoms with Gasteiger partial charge in [-0.1, -0.05) is 30.3 Å². The molecule has 0 spiro atoms. The van der Waals surface area contributed by atoms with E-state index in [-0.39, 0.29) is 5.91 Å². The second kappa shape index (κ2) is 8.70. The van der Waals surface area contributed by atoms with E-state index < -0.39 is 0 Å². The molecule has 0 N–H and O–H groups in total. The molecular formula is C24H28N2O3. The molecule has 0 bridgehead atoms. The van der Waals surface area contributed by atoms with Crippen LogP contribution in [0.4, 0.5) is 5.69 Å². The van der Waals surface area contributed by atoms with Gasteiger partial charge in [-0.25, -0.2) is 0 Å². The zero-order valence-corrected chi connectivity index (χ0v) is 17.1. The van der Waals surface area contributed by atoms with Crippen LogP contribution in [0.15, 0.2) is 59.2 Å². The fourth-order valence-corrected chi connectivity index (χ4v) is 4.09. The molecule has 0 saturated carbocycles.